The molecule has 0 unspecified atom stereocenters. The van der Waals surface area contributed by atoms with E-state index in [1.54, 1.807) is 7.11 Å². The molecule has 0 saturated heterocycles. The minimum Gasteiger partial charge on any atom is -0.493 e. The molecule has 1 aliphatic rings. The summed E-state index contributed by atoms with van der Waals surface area (Å²) in [5.41, 5.74) is 0.765. The molecule has 0 N–H and O–H groups in total. The van der Waals surface area contributed by atoms with E-state index < -0.39 is 0 Å². The predicted molar refractivity (Wildman–Crippen MR) is 64.8 cm³/mol. The fraction of sp³-hybridized carbons (Fsp3) is 0.333. The lowest BCUT2D eigenvalue weighted by atomic mass is 10.2. The molecule has 1 heterocycles. The Kier molecular flexibility index (Phi) is 2.52. The number of nitrogens with zero attached hydrogens (tertiary/aromatic N) is 2. The maximum absolute atomic E-state index is 6.01. The van der Waals surface area contributed by atoms with Crippen LogP contribution in [0.3, 0.4) is 0 Å². The van der Waals surface area contributed by atoms with E-state index in [9.17, 15) is 0 Å². The number of fused-ring (bicyclic) bond motifs is 1. The van der Waals surface area contributed by atoms with Crippen LogP contribution in [-0.2, 0) is 0 Å². The highest BCUT2D eigenvalue weighted by Gasteiger charge is 2.25. The van der Waals surface area contributed by atoms with Crippen LogP contribution < -0.4 is 9.47 Å². The van der Waals surface area contributed by atoms with Crippen LogP contribution in [-0.4, -0.2) is 23.2 Å². The molecule has 2 aromatic rings. The molecule has 1 aliphatic carbocycles. The Morgan fingerprint density at radius 3 is 2.76 bits per heavy atom. The smallest absolute Gasteiger partial charge is 0.163 e. The van der Waals surface area contributed by atoms with Crippen molar-refractivity contribution in [3.63, 3.8) is 0 Å². The average Bonchev–Trinajstić information content (AvgIpc) is 3.13. The molecule has 17 heavy (non-hydrogen) atoms. The van der Waals surface area contributed by atoms with Crippen molar-refractivity contribution in [2.75, 3.05) is 7.11 Å². The van der Waals surface area contributed by atoms with Gasteiger partial charge in [0, 0.05) is 11.5 Å². The van der Waals surface area contributed by atoms with E-state index in [1.807, 2.05) is 12.1 Å². The predicted octanol–water partition coefficient (Wildman–Crippen LogP) is 2.83. The van der Waals surface area contributed by atoms with Gasteiger partial charge in [0.05, 0.1) is 18.7 Å². The van der Waals surface area contributed by atoms with Gasteiger partial charge < -0.3 is 9.47 Å². The highest BCUT2D eigenvalue weighted by atomic mass is 35.5. The van der Waals surface area contributed by atoms with Crippen LogP contribution >= 0.6 is 11.6 Å². The zero-order valence-electron chi connectivity index (χ0n) is 9.31. The first kappa shape index (κ1) is 10.6. The number of benzene rings is 1. The molecular weight excluding hydrogens is 240 g/mol. The third-order valence-electron chi connectivity index (χ3n) is 2.69. The Balaban J connectivity index is 2.13. The topological polar surface area (TPSA) is 44.2 Å². The van der Waals surface area contributed by atoms with Gasteiger partial charge in [-0.2, -0.15) is 0 Å². The summed E-state index contributed by atoms with van der Waals surface area (Å²) in [6, 6.07) is 3.66. The number of ether oxygens (including phenoxy) is 2. The monoisotopic (exact) mass is 250 g/mol. The summed E-state index contributed by atoms with van der Waals surface area (Å²) in [4.78, 5) is 8.12. The first-order valence-electron chi connectivity index (χ1n) is 5.43. The van der Waals surface area contributed by atoms with Crippen molar-refractivity contribution in [2.24, 2.45) is 0 Å². The van der Waals surface area contributed by atoms with Crippen molar-refractivity contribution in [3.8, 4) is 11.5 Å². The summed E-state index contributed by atoms with van der Waals surface area (Å²) < 4.78 is 11.1. The van der Waals surface area contributed by atoms with E-state index >= 15 is 0 Å². The van der Waals surface area contributed by atoms with Crippen LogP contribution in [0.2, 0.25) is 5.15 Å². The van der Waals surface area contributed by atoms with E-state index in [1.165, 1.54) is 6.33 Å². The highest BCUT2D eigenvalue weighted by Crippen LogP contribution is 2.37. The summed E-state index contributed by atoms with van der Waals surface area (Å²) in [5, 5.41) is 1.19. The fourth-order valence-corrected chi connectivity index (χ4v) is 1.84. The lowest BCUT2D eigenvalue weighted by Gasteiger charge is -2.11. The molecule has 0 bridgehead atoms. The Labute approximate surface area is 104 Å². The van der Waals surface area contributed by atoms with Gasteiger partial charge in [-0.25, -0.2) is 9.97 Å². The first-order valence-corrected chi connectivity index (χ1v) is 5.80. The summed E-state index contributed by atoms with van der Waals surface area (Å²) in [5.74, 6) is 1.39. The average molecular weight is 251 g/mol. The van der Waals surface area contributed by atoms with E-state index in [2.05, 4.69) is 9.97 Å². The van der Waals surface area contributed by atoms with Crippen LogP contribution in [0.25, 0.3) is 10.9 Å². The molecule has 4 nitrogen and oxygen atoms in total. The molecule has 0 amide bonds. The third-order valence-corrected chi connectivity index (χ3v) is 2.99. The summed E-state index contributed by atoms with van der Waals surface area (Å²) in [6.45, 7) is 0. The molecule has 1 fully saturated rings. The minimum absolute atomic E-state index is 0.318. The van der Waals surface area contributed by atoms with Gasteiger partial charge in [-0.15, -0.1) is 0 Å². The molecule has 3 rings (SSSR count). The lowest BCUT2D eigenvalue weighted by Crippen LogP contribution is -1.99. The Hall–Kier alpha value is -1.55. The summed E-state index contributed by atoms with van der Waals surface area (Å²) >= 11 is 6.01. The van der Waals surface area contributed by atoms with Crippen molar-refractivity contribution >= 4 is 22.5 Å². The quantitative estimate of drug-likeness (QED) is 0.786. The molecule has 0 spiro atoms. The molecular formula is C12H11ClN2O2. The van der Waals surface area contributed by atoms with Crippen molar-refractivity contribution < 1.29 is 9.47 Å². The van der Waals surface area contributed by atoms with Crippen LogP contribution in [0.5, 0.6) is 11.5 Å². The second kappa shape index (κ2) is 4.04. The van der Waals surface area contributed by atoms with Crippen molar-refractivity contribution in [1.82, 2.24) is 9.97 Å². The van der Waals surface area contributed by atoms with Gasteiger partial charge in [-0.05, 0) is 18.9 Å². The summed E-state index contributed by atoms with van der Waals surface area (Å²) in [7, 11) is 1.61. The molecule has 0 aliphatic heterocycles. The van der Waals surface area contributed by atoms with E-state index in [0.29, 0.717) is 17.0 Å². The van der Waals surface area contributed by atoms with Gasteiger partial charge in [-0.3, -0.25) is 0 Å². The van der Waals surface area contributed by atoms with Crippen LogP contribution in [0, 0.1) is 0 Å². The number of hydrogen-bond donors (Lipinski definition) is 0. The molecule has 1 aromatic carbocycles. The molecule has 1 saturated carbocycles. The molecule has 88 valence electrons. The zero-order chi connectivity index (χ0) is 11.8. The van der Waals surface area contributed by atoms with Crippen molar-refractivity contribution in [3.05, 3.63) is 23.6 Å². The maximum atomic E-state index is 6.01. The van der Waals surface area contributed by atoms with Gasteiger partial charge in [0.1, 0.15) is 11.5 Å². The molecule has 1 aromatic heterocycles. The normalized spacial score (nSPS) is 14.9. The largest absolute Gasteiger partial charge is 0.493 e. The maximum Gasteiger partial charge on any atom is 0.163 e. The minimum atomic E-state index is 0.318. The number of rotatable bonds is 3. The van der Waals surface area contributed by atoms with E-state index in [4.69, 9.17) is 21.1 Å². The van der Waals surface area contributed by atoms with Gasteiger partial charge in [-0.1, -0.05) is 11.6 Å². The fourth-order valence-electron chi connectivity index (χ4n) is 1.65. The van der Waals surface area contributed by atoms with Gasteiger partial charge >= 0.3 is 0 Å². The second-order valence-corrected chi connectivity index (χ2v) is 4.36. The Morgan fingerprint density at radius 2 is 2.06 bits per heavy atom. The van der Waals surface area contributed by atoms with Crippen molar-refractivity contribution in [1.29, 1.82) is 0 Å². The number of halogens is 1. The van der Waals surface area contributed by atoms with E-state index in [-0.39, 0.29) is 0 Å². The zero-order valence-corrected chi connectivity index (χ0v) is 10.1. The van der Waals surface area contributed by atoms with Gasteiger partial charge in [0.15, 0.2) is 11.5 Å². The number of hydrogen-bond acceptors (Lipinski definition) is 4. The van der Waals surface area contributed by atoms with Gasteiger partial charge in [0.2, 0.25) is 0 Å². The lowest BCUT2D eigenvalue weighted by molar-refractivity contribution is 0.282. The van der Waals surface area contributed by atoms with Crippen molar-refractivity contribution in [2.45, 2.75) is 18.9 Å². The van der Waals surface area contributed by atoms with Crippen LogP contribution in [0.1, 0.15) is 12.8 Å². The SMILES string of the molecule is COc1cc2c(Cl)ncnc2cc1OC1CC1. The summed E-state index contributed by atoms with van der Waals surface area (Å²) in [6.07, 6.45) is 3.97. The van der Waals surface area contributed by atoms with Crippen LogP contribution in [0.15, 0.2) is 18.5 Å². The van der Waals surface area contributed by atoms with E-state index in [0.717, 1.165) is 29.5 Å². The number of aromatic nitrogens is 2. The van der Waals surface area contributed by atoms with Gasteiger partial charge in [0.25, 0.3) is 0 Å². The Bertz CT molecular complexity index is 570. The van der Waals surface area contributed by atoms with Crippen LogP contribution in [0.4, 0.5) is 0 Å². The molecule has 0 atom stereocenters. The molecule has 5 heteroatoms. The Morgan fingerprint density at radius 1 is 1.24 bits per heavy atom. The standard InChI is InChI=1S/C12H11ClN2O2/c1-16-10-4-8-9(14-6-15-12(8)13)5-11(10)17-7-2-3-7/h4-7H,2-3H2,1H3. The third kappa shape index (κ3) is 2.00. The highest BCUT2D eigenvalue weighted by molar-refractivity contribution is 6.34. The number of methoxy groups -OCH3 is 1. The second-order valence-electron chi connectivity index (χ2n) is 4.00. The molecule has 0 radical (unpaired) electrons. The first-order chi connectivity index (χ1) is 8.28.